The fourth-order valence-electron chi connectivity index (χ4n) is 3.25. The van der Waals surface area contributed by atoms with Gasteiger partial charge in [0, 0.05) is 12.1 Å². The number of carbonyl (C=O) groups is 1. The van der Waals surface area contributed by atoms with E-state index in [1.165, 1.54) is 6.07 Å². The van der Waals surface area contributed by atoms with Crippen molar-refractivity contribution in [3.05, 3.63) is 76.8 Å². The average Bonchev–Trinajstić information content (AvgIpc) is 3.08. The predicted molar refractivity (Wildman–Crippen MR) is 98.2 cm³/mol. The van der Waals surface area contributed by atoms with Gasteiger partial charge in [-0.2, -0.15) is 5.10 Å². The number of benzene rings is 2. The molecule has 0 unspecified atom stereocenters. The predicted octanol–water partition coefficient (Wildman–Crippen LogP) is 3.93. The first-order chi connectivity index (χ1) is 12.6. The molecule has 0 radical (unpaired) electrons. The molecule has 1 aliphatic heterocycles. The van der Waals surface area contributed by atoms with Gasteiger partial charge in [0.1, 0.15) is 5.82 Å². The van der Waals surface area contributed by atoms with E-state index in [1.807, 2.05) is 39.9 Å². The Morgan fingerprint density at radius 2 is 1.96 bits per heavy atom. The highest BCUT2D eigenvalue weighted by Gasteiger charge is 2.24. The van der Waals surface area contributed by atoms with Crippen molar-refractivity contribution in [3.63, 3.8) is 0 Å². The normalized spacial score (nSPS) is 13.5. The second-order valence-electron chi connectivity index (χ2n) is 6.33. The zero-order chi connectivity index (χ0) is 18.1. The minimum absolute atomic E-state index is 0.0790. The molecule has 2 aromatic carbocycles. The number of halogens is 2. The third-order valence-corrected chi connectivity index (χ3v) is 4.94. The van der Waals surface area contributed by atoms with Crippen molar-refractivity contribution in [2.75, 3.05) is 6.54 Å². The van der Waals surface area contributed by atoms with E-state index in [0.29, 0.717) is 26.1 Å². The molecule has 0 atom stereocenters. The smallest absolute Gasteiger partial charge is 0.227 e. The maximum absolute atomic E-state index is 13.4. The highest BCUT2D eigenvalue weighted by atomic mass is 35.5. The lowest BCUT2D eigenvalue weighted by Gasteiger charge is -2.28. The van der Waals surface area contributed by atoms with Crippen LogP contribution in [-0.4, -0.2) is 27.1 Å². The van der Waals surface area contributed by atoms with Gasteiger partial charge in [0.25, 0.3) is 0 Å². The van der Waals surface area contributed by atoms with E-state index in [0.717, 1.165) is 22.4 Å². The molecule has 1 aliphatic rings. The molecule has 1 amide bonds. The molecule has 1 aromatic heterocycles. The van der Waals surface area contributed by atoms with Gasteiger partial charge in [0.2, 0.25) is 5.91 Å². The summed E-state index contributed by atoms with van der Waals surface area (Å²) in [6.07, 6.45) is 2.14. The van der Waals surface area contributed by atoms with Gasteiger partial charge in [0.05, 0.1) is 36.4 Å². The number of hydrogen-bond donors (Lipinski definition) is 0. The molecule has 4 nitrogen and oxygen atoms in total. The zero-order valence-corrected chi connectivity index (χ0v) is 14.8. The summed E-state index contributed by atoms with van der Waals surface area (Å²) in [6.45, 7) is 1.75. The van der Waals surface area contributed by atoms with E-state index in [9.17, 15) is 9.18 Å². The summed E-state index contributed by atoms with van der Waals surface area (Å²) < 4.78 is 15.4. The van der Waals surface area contributed by atoms with Gasteiger partial charge < -0.3 is 4.90 Å². The van der Waals surface area contributed by atoms with E-state index in [2.05, 4.69) is 5.10 Å². The quantitative estimate of drug-likeness (QED) is 0.701. The summed E-state index contributed by atoms with van der Waals surface area (Å²) in [4.78, 5) is 14.5. The van der Waals surface area contributed by atoms with Crippen LogP contribution in [0.5, 0.6) is 0 Å². The minimum atomic E-state index is -0.448. The van der Waals surface area contributed by atoms with Gasteiger partial charge in [-0.15, -0.1) is 0 Å². The van der Waals surface area contributed by atoms with Crippen molar-refractivity contribution in [1.82, 2.24) is 14.7 Å². The number of fused-ring (bicyclic) bond motifs is 1. The first-order valence-electron chi connectivity index (χ1n) is 8.43. The highest BCUT2D eigenvalue weighted by molar-refractivity contribution is 6.31. The monoisotopic (exact) mass is 369 g/mol. The van der Waals surface area contributed by atoms with Crippen molar-refractivity contribution >= 4 is 17.5 Å². The molecule has 0 bridgehead atoms. The molecule has 0 saturated carbocycles. The Bertz CT molecular complexity index is 955. The van der Waals surface area contributed by atoms with Crippen molar-refractivity contribution in [3.8, 4) is 11.1 Å². The molecular formula is C20H17ClFN3O. The molecule has 6 heteroatoms. The van der Waals surface area contributed by atoms with Crippen LogP contribution < -0.4 is 0 Å². The second-order valence-corrected chi connectivity index (χ2v) is 6.74. The first-order valence-corrected chi connectivity index (χ1v) is 8.81. The fourth-order valence-corrected chi connectivity index (χ4v) is 3.43. The van der Waals surface area contributed by atoms with Gasteiger partial charge in [-0.25, -0.2) is 4.39 Å². The number of hydrogen-bond acceptors (Lipinski definition) is 2. The molecule has 132 valence electrons. The second kappa shape index (κ2) is 6.92. The van der Waals surface area contributed by atoms with Crippen LogP contribution in [0.2, 0.25) is 5.02 Å². The summed E-state index contributed by atoms with van der Waals surface area (Å²) in [6, 6.07) is 14.4. The molecule has 4 rings (SSSR count). The Labute approximate surface area is 155 Å². The SMILES string of the molecule is O=C(Cc1ccccc1)N1CCn2ncc(-c3ccc(F)c(Cl)c3)c2C1. The van der Waals surface area contributed by atoms with Crippen molar-refractivity contribution in [1.29, 1.82) is 0 Å². The third-order valence-electron chi connectivity index (χ3n) is 4.65. The van der Waals surface area contributed by atoms with E-state index in [1.54, 1.807) is 18.3 Å². The molecule has 0 N–H and O–H groups in total. The number of nitrogens with zero attached hydrogens (tertiary/aromatic N) is 3. The van der Waals surface area contributed by atoms with Crippen LogP contribution in [0.15, 0.2) is 54.7 Å². The molecule has 0 fully saturated rings. The molecule has 0 spiro atoms. The van der Waals surface area contributed by atoms with Crippen LogP contribution in [0, 0.1) is 5.82 Å². The highest BCUT2D eigenvalue weighted by Crippen LogP contribution is 2.30. The van der Waals surface area contributed by atoms with Gasteiger partial charge >= 0.3 is 0 Å². The Balaban J connectivity index is 1.57. The summed E-state index contributed by atoms with van der Waals surface area (Å²) in [5.74, 6) is -0.358. The topological polar surface area (TPSA) is 38.1 Å². The first kappa shape index (κ1) is 16.8. The maximum atomic E-state index is 13.4. The third kappa shape index (κ3) is 3.22. The number of carbonyl (C=O) groups excluding carboxylic acids is 1. The number of rotatable bonds is 3. The standard InChI is InChI=1S/C20H17ClFN3O/c21-17-11-15(6-7-18(17)22)16-12-23-25-9-8-24(13-19(16)25)20(26)10-14-4-2-1-3-5-14/h1-7,11-12H,8-10,13H2. The lowest BCUT2D eigenvalue weighted by molar-refractivity contribution is -0.131. The van der Waals surface area contributed by atoms with Crippen LogP contribution in [0.3, 0.4) is 0 Å². The van der Waals surface area contributed by atoms with Crippen LogP contribution in [0.4, 0.5) is 4.39 Å². The van der Waals surface area contributed by atoms with E-state index >= 15 is 0 Å². The zero-order valence-electron chi connectivity index (χ0n) is 14.0. The minimum Gasteiger partial charge on any atom is -0.335 e. The van der Waals surface area contributed by atoms with Crippen LogP contribution in [0.25, 0.3) is 11.1 Å². The molecule has 3 aromatic rings. The van der Waals surface area contributed by atoms with E-state index in [4.69, 9.17) is 11.6 Å². The van der Waals surface area contributed by atoms with Gasteiger partial charge in [-0.3, -0.25) is 9.48 Å². The van der Waals surface area contributed by atoms with Gasteiger partial charge in [-0.1, -0.05) is 48.0 Å². The number of aromatic nitrogens is 2. The van der Waals surface area contributed by atoms with Crippen molar-refractivity contribution in [2.45, 2.75) is 19.5 Å². The Morgan fingerprint density at radius 3 is 2.73 bits per heavy atom. The van der Waals surface area contributed by atoms with Gasteiger partial charge in [0.15, 0.2) is 0 Å². The Morgan fingerprint density at radius 1 is 1.15 bits per heavy atom. The van der Waals surface area contributed by atoms with Crippen molar-refractivity contribution in [2.24, 2.45) is 0 Å². The van der Waals surface area contributed by atoms with E-state index < -0.39 is 5.82 Å². The molecular weight excluding hydrogens is 353 g/mol. The lowest BCUT2D eigenvalue weighted by atomic mass is 10.0. The van der Waals surface area contributed by atoms with Gasteiger partial charge in [-0.05, 0) is 23.3 Å². The van der Waals surface area contributed by atoms with E-state index in [-0.39, 0.29) is 10.9 Å². The summed E-state index contributed by atoms with van der Waals surface area (Å²) in [5, 5.41) is 4.48. The molecule has 2 heterocycles. The molecule has 0 aliphatic carbocycles. The Kier molecular flexibility index (Phi) is 4.47. The average molecular weight is 370 g/mol. The fraction of sp³-hybridized carbons (Fsp3) is 0.200. The Hall–Kier alpha value is -2.66. The maximum Gasteiger partial charge on any atom is 0.227 e. The van der Waals surface area contributed by atoms with Crippen LogP contribution in [0.1, 0.15) is 11.3 Å². The van der Waals surface area contributed by atoms with Crippen LogP contribution in [-0.2, 0) is 24.3 Å². The molecule has 0 saturated heterocycles. The van der Waals surface area contributed by atoms with Crippen molar-refractivity contribution < 1.29 is 9.18 Å². The number of amides is 1. The lowest BCUT2D eigenvalue weighted by Crippen LogP contribution is -2.39. The molecule has 26 heavy (non-hydrogen) atoms. The van der Waals surface area contributed by atoms with Crippen LogP contribution >= 0.6 is 11.6 Å². The summed E-state index contributed by atoms with van der Waals surface area (Å²) in [7, 11) is 0. The largest absolute Gasteiger partial charge is 0.335 e. The summed E-state index contributed by atoms with van der Waals surface area (Å²) in [5.41, 5.74) is 3.63. The summed E-state index contributed by atoms with van der Waals surface area (Å²) >= 11 is 5.92.